The van der Waals surface area contributed by atoms with E-state index in [0.29, 0.717) is 12.4 Å². The Morgan fingerprint density at radius 3 is 2.65 bits per heavy atom. The van der Waals surface area contributed by atoms with E-state index >= 15 is 0 Å². The third-order valence-electron chi connectivity index (χ3n) is 4.18. The zero-order valence-electron chi connectivity index (χ0n) is 16.9. The largest absolute Gasteiger partial charge is 0.489 e. The van der Waals surface area contributed by atoms with Gasteiger partial charge in [-0.2, -0.15) is 5.10 Å². The number of nitro benzene ring substituents is 1. The average molecular weight is 419 g/mol. The molecule has 1 N–H and O–H groups in total. The molecule has 3 rings (SSSR count). The Labute approximate surface area is 179 Å². The number of carbonyl (C=O) groups is 1. The van der Waals surface area contributed by atoms with Crippen LogP contribution in [-0.4, -0.2) is 23.7 Å². The van der Waals surface area contributed by atoms with E-state index in [1.807, 2.05) is 48.5 Å². The van der Waals surface area contributed by atoms with Gasteiger partial charge in [0.05, 0.1) is 11.1 Å². The van der Waals surface area contributed by atoms with Crippen LogP contribution >= 0.6 is 0 Å². The fourth-order valence-electron chi connectivity index (χ4n) is 2.67. The van der Waals surface area contributed by atoms with Crippen LogP contribution in [0, 0.1) is 17.0 Å². The van der Waals surface area contributed by atoms with Gasteiger partial charge in [-0.05, 0) is 41.8 Å². The number of hydrogen-bond acceptors (Lipinski definition) is 6. The van der Waals surface area contributed by atoms with Crippen LogP contribution in [0.5, 0.6) is 11.5 Å². The summed E-state index contributed by atoms with van der Waals surface area (Å²) in [5.41, 5.74) is 4.66. The number of hydrazone groups is 1. The van der Waals surface area contributed by atoms with Gasteiger partial charge in [0, 0.05) is 6.07 Å². The van der Waals surface area contributed by atoms with Gasteiger partial charge in [-0.25, -0.2) is 5.43 Å². The Hall–Kier alpha value is -4.20. The van der Waals surface area contributed by atoms with E-state index in [0.717, 1.165) is 16.7 Å². The van der Waals surface area contributed by atoms with Crippen molar-refractivity contribution in [2.24, 2.45) is 5.10 Å². The highest BCUT2D eigenvalue weighted by Gasteiger charge is 2.16. The number of aryl methyl sites for hydroxylation is 1. The second-order valence-electron chi connectivity index (χ2n) is 6.66. The van der Waals surface area contributed by atoms with Gasteiger partial charge in [0.25, 0.3) is 5.91 Å². The highest BCUT2D eigenvalue weighted by atomic mass is 16.6. The first-order valence-corrected chi connectivity index (χ1v) is 9.48. The molecule has 0 saturated heterocycles. The number of benzene rings is 3. The van der Waals surface area contributed by atoms with E-state index in [1.54, 1.807) is 19.1 Å². The van der Waals surface area contributed by atoms with E-state index in [1.165, 1.54) is 18.3 Å². The van der Waals surface area contributed by atoms with Gasteiger partial charge in [-0.15, -0.1) is 0 Å². The number of rotatable bonds is 9. The molecule has 0 aliphatic heterocycles. The van der Waals surface area contributed by atoms with Gasteiger partial charge < -0.3 is 9.47 Å². The smallest absolute Gasteiger partial charge is 0.311 e. The summed E-state index contributed by atoms with van der Waals surface area (Å²) in [6, 6.07) is 21.6. The predicted molar refractivity (Wildman–Crippen MR) is 116 cm³/mol. The minimum Gasteiger partial charge on any atom is -0.489 e. The third kappa shape index (κ3) is 6.67. The van der Waals surface area contributed by atoms with Gasteiger partial charge in [0.2, 0.25) is 0 Å². The van der Waals surface area contributed by atoms with E-state index < -0.39 is 17.4 Å². The fourth-order valence-corrected chi connectivity index (χ4v) is 2.67. The Kier molecular flexibility index (Phi) is 7.31. The normalized spacial score (nSPS) is 10.6. The lowest BCUT2D eigenvalue weighted by Gasteiger charge is -2.07. The van der Waals surface area contributed by atoms with Gasteiger partial charge in [-0.1, -0.05) is 48.5 Å². The van der Waals surface area contributed by atoms with Crippen LogP contribution < -0.4 is 14.9 Å². The molecule has 0 aromatic heterocycles. The maximum Gasteiger partial charge on any atom is 0.311 e. The molecule has 0 radical (unpaired) electrons. The second-order valence-corrected chi connectivity index (χ2v) is 6.66. The number of carbonyl (C=O) groups excluding carboxylic acids is 1. The molecule has 0 saturated carbocycles. The molecule has 0 aliphatic rings. The summed E-state index contributed by atoms with van der Waals surface area (Å²) >= 11 is 0. The number of nitrogens with one attached hydrogen (secondary N) is 1. The number of amides is 1. The van der Waals surface area contributed by atoms with Crippen molar-refractivity contribution in [2.75, 3.05) is 6.61 Å². The molecule has 0 aliphatic carbocycles. The molecule has 158 valence electrons. The standard InChI is InChI=1S/C23H21N3O5/c1-17-10-11-22(21(12-17)26(28)29)31-16-23(27)25-24-14-19-8-5-9-20(13-19)30-15-18-6-3-2-4-7-18/h2-14H,15-16H2,1H3,(H,25,27). The third-order valence-corrected chi connectivity index (χ3v) is 4.18. The first-order valence-electron chi connectivity index (χ1n) is 9.48. The lowest BCUT2D eigenvalue weighted by molar-refractivity contribution is -0.385. The Bertz CT molecular complexity index is 1080. The van der Waals surface area contributed by atoms with Crippen molar-refractivity contribution in [3.05, 3.63) is 99.6 Å². The lowest BCUT2D eigenvalue weighted by Crippen LogP contribution is -2.24. The quantitative estimate of drug-likeness (QED) is 0.321. The molecule has 8 heteroatoms. The maximum absolute atomic E-state index is 11.9. The van der Waals surface area contributed by atoms with E-state index in [2.05, 4.69) is 10.5 Å². The van der Waals surface area contributed by atoms with E-state index in [-0.39, 0.29) is 11.4 Å². The van der Waals surface area contributed by atoms with E-state index in [9.17, 15) is 14.9 Å². The maximum atomic E-state index is 11.9. The molecule has 3 aromatic carbocycles. The summed E-state index contributed by atoms with van der Waals surface area (Å²) in [5, 5.41) is 15.0. The molecular weight excluding hydrogens is 398 g/mol. The van der Waals surface area contributed by atoms with Crippen molar-refractivity contribution >= 4 is 17.8 Å². The zero-order chi connectivity index (χ0) is 22.1. The van der Waals surface area contributed by atoms with Crippen LogP contribution in [0.15, 0.2) is 77.9 Å². The van der Waals surface area contributed by atoms with Crippen LogP contribution in [0.2, 0.25) is 0 Å². The van der Waals surface area contributed by atoms with Crippen molar-refractivity contribution in [3.63, 3.8) is 0 Å². The van der Waals surface area contributed by atoms with Gasteiger partial charge in [0.1, 0.15) is 12.4 Å². The number of hydrogen-bond donors (Lipinski definition) is 1. The first-order chi connectivity index (χ1) is 15.0. The highest BCUT2D eigenvalue weighted by molar-refractivity contribution is 5.83. The molecule has 0 spiro atoms. The fraction of sp³-hybridized carbons (Fsp3) is 0.130. The Morgan fingerprint density at radius 2 is 1.87 bits per heavy atom. The number of nitrogens with zero attached hydrogens (tertiary/aromatic N) is 2. The van der Waals surface area contributed by atoms with Crippen molar-refractivity contribution in [1.29, 1.82) is 0 Å². The van der Waals surface area contributed by atoms with Crippen molar-refractivity contribution < 1.29 is 19.2 Å². The monoisotopic (exact) mass is 419 g/mol. The molecular formula is C23H21N3O5. The lowest BCUT2D eigenvalue weighted by atomic mass is 10.2. The highest BCUT2D eigenvalue weighted by Crippen LogP contribution is 2.27. The van der Waals surface area contributed by atoms with Crippen LogP contribution in [0.25, 0.3) is 0 Å². The minimum atomic E-state index is -0.550. The summed E-state index contributed by atoms with van der Waals surface area (Å²) in [6.07, 6.45) is 1.47. The van der Waals surface area contributed by atoms with Crippen molar-refractivity contribution in [2.45, 2.75) is 13.5 Å². The summed E-state index contributed by atoms with van der Waals surface area (Å²) < 4.78 is 11.0. The van der Waals surface area contributed by atoms with Gasteiger partial charge in [0.15, 0.2) is 12.4 Å². The van der Waals surface area contributed by atoms with Crippen LogP contribution in [0.3, 0.4) is 0 Å². The molecule has 0 bridgehead atoms. The average Bonchev–Trinajstić information content (AvgIpc) is 2.78. The number of ether oxygens (including phenoxy) is 2. The van der Waals surface area contributed by atoms with Gasteiger partial charge in [-0.3, -0.25) is 14.9 Å². The summed E-state index contributed by atoms with van der Waals surface area (Å²) in [6.45, 7) is 1.78. The molecule has 8 nitrogen and oxygen atoms in total. The minimum absolute atomic E-state index is 0.0259. The number of nitro groups is 1. The zero-order valence-corrected chi connectivity index (χ0v) is 16.9. The molecule has 31 heavy (non-hydrogen) atoms. The molecule has 0 fully saturated rings. The summed E-state index contributed by atoms with van der Waals surface area (Å²) in [4.78, 5) is 22.5. The molecule has 1 amide bonds. The summed E-state index contributed by atoms with van der Waals surface area (Å²) in [5.74, 6) is 0.162. The molecule has 0 unspecified atom stereocenters. The molecule has 0 atom stereocenters. The predicted octanol–water partition coefficient (Wildman–Crippen LogP) is 4.01. The van der Waals surface area contributed by atoms with Crippen molar-refractivity contribution in [1.82, 2.24) is 5.43 Å². The molecule has 0 heterocycles. The first kappa shape index (κ1) is 21.5. The van der Waals surface area contributed by atoms with E-state index in [4.69, 9.17) is 9.47 Å². The topological polar surface area (TPSA) is 103 Å². The van der Waals surface area contributed by atoms with Crippen molar-refractivity contribution in [3.8, 4) is 11.5 Å². The Morgan fingerprint density at radius 1 is 1.06 bits per heavy atom. The van der Waals surface area contributed by atoms with Crippen LogP contribution in [0.1, 0.15) is 16.7 Å². The SMILES string of the molecule is Cc1ccc(OCC(=O)NN=Cc2cccc(OCc3ccccc3)c2)c([N+](=O)[O-])c1. The van der Waals surface area contributed by atoms with Crippen LogP contribution in [-0.2, 0) is 11.4 Å². The van der Waals surface area contributed by atoms with Gasteiger partial charge >= 0.3 is 5.69 Å². The summed E-state index contributed by atoms with van der Waals surface area (Å²) in [7, 11) is 0. The second kappa shape index (κ2) is 10.5. The van der Waals surface area contributed by atoms with Crippen LogP contribution in [0.4, 0.5) is 5.69 Å². The Balaban J connectivity index is 1.50. The molecule has 3 aromatic rings.